The predicted molar refractivity (Wildman–Crippen MR) is 63.0 cm³/mol. The molecule has 0 unspecified atom stereocenters. The maximum atomic E-state index is 5.25. The third kappa shape index (κ3) is 1.76. The number of aromatic nitrogens is 2. The van der Waals surface area contributed by atoms with Crippen molar-refractivity contribution in [2.45, 2.75) is 5.92 Å². The van der Waals surface area contributed by atoms with Crippen LogP contribution in [0.2, 0.25) is 0 Å². The minimum atomic E-state index is 0.407. The summed E-state index contributed by atoms with van der Waals surface area (Å²) < 4.78 is 6.26. The van der Waals surface area contributed by atoms with Crippen molar-refractivity contribution >= 4 is 15.9 Å². The Morgan fingerprint density at radius 2 is 2.25 bits per heavy atom. The second kappa shape index (κ2) is 3.99. The van der Waals surface area contributed by atoms with Crippen LogP contribution in [0.1, 0.15) is 11.7 Å². The molecule has 1 N–H and O–H groups in total. The molecule has 0 aliphatic carbocycles. The van der Waals surface area contributed by atoms with E-state index >= 15 is 0 Å². The quantitative estimate of drug-likeness (QED) is 0.916. The van der Waals surface area contributed by atoms with Crippen molar-refractivity contribution in [2.24, 2.45) is 0 Å². The minimum Gasteiger partial charge on any atom is -0.334 e. The van der Waals surface area contributed by atoms with Gasteiger partial charge in [0.2, 0.25) is 0 Å². The second-order valence-corrected chi connectivity index (χ2v) is 4.74. The largest absolute Gasteiger partial charge is 0.334 e. The van der Waals surface area contributed by atoms with Crippen molar-refractivity contribution < 1.29 is 4.52 Å². The highest BCUT2D eigenvalue weighted by atomic mass is 79.9. The highest BCUT2D eigenvalue weighted by Gasteiger charge is 2.24. The fourth-order valence-electron chi connectivity index (χ4n) is 1.61. The number of halogens is 1. The highest BCUT2D eigenvalue weighted by Crippen LogP contribution is 2.24. The van der Waals surface area contributed by atoms with Crippen LogP contribution < -0.4 is 5.32 Å². The zero-order valence-corrected chi connectivity index (χ0v) is 10.1. The van der Waals surface area contributed by atoms with Gasteiger partial charge in [-0.1, -0.05) is 27.2 Å². The van der Waals surface area contributed by atoms with Gasteiger partial charge >= 0.3 is 0 Å². The lowest BCUT2D eigenvalue weighted by molar-refractivity contribution is 0.382. The Bertz CT molecular complexity index is 507. The fraction of sp³-hybridized carbons (Fsp3) is 0.273. The van der Waals surface area contributed by atoms with E-state index in [1.54, 1.807) is 0 Å². The number of rotatable bonds is 2. The lowest BCUT2D eigenvalue weighted by Crippen LogP contribution is -2.40. The van der Waals surface area contributed by atoms with Crippen LogP contribution in [0.3, 0.4) is 0 Å². The molecule has 0 atom stereocenters. The molecule has 0 bridgehead atoms. The summed E-state index contributed by atoms with van der Waals surface area (Å²) in [6.45, 7) is 1.88. The van der Waals surface area contributed by atoms with Crippen molar-refractivity contribution in [1.82, 2.24) is 15.5 Å². The first kappa shape index (κ1) is 9.99. The van der Waals surface area contributed by atoms with E-state index in [4.69, 9.17) is 4.52 Å². The van der Waals surface area contributed by atoms with E-state index in [-0.39, 0.29) is 0 Å². The number of nitrogens with one attached hydrogen (secondary N) is 1. The summed E-state index contributed by atoms with van der Waals surface area (Å²) in [6.07, 6.45) is 0. The molecule has 1 aromatic carbocycles. The Morgan fingerprint density at radius 3 is 2.94 bits per heavy atom. The Hall–Kier alpha value is -1.20. The van der Waals surface area contributed by atoms with E-state index in [0.29, 0.717) is 11.8 Å². The summed E-state index contributed by atoms with van der Waals surface area (Å²) in [5.74, 6) is 1.79. The van der Waals surface area contributed by atoms with Crippen molar-refractivity contribution in [3.05, 3.63) is 34.6 Å². The first-order valence-corrected chi connectivity index (χ1v) is 5.92. The van der Waals surface area contributed by atoms with Gasteiger partial charge in [-0.2, -0.15) is 4.98 Å². The maximum Gasteiger partial charge on any atom is 0.257 e. The highest BCUT2D eigenvalue weighted by molar-refractivity contribution is 9.10. The molecular weight excluding hydrogens is 270 g/mol. The summed E-state index contributed by atoms with van der Waals surface area (Å²) in [5, 5.41) is 7.19. The van der Waals surface area contributed by atoms with Crippen LogP contribution in [-0.4, -0.2) is 23.2 Å². The number of benzene rings is 1. The minimum absolute atomic E-state index is 0.407. The molecule has 0 radical (unpaired) electrons. The van der Waals surface area contributed by atoms with E-state index in [1.807, 2.05) is 24.3 Å². The maximum absolute atomic E-state index is 5.25. The van der Waals surface area contributed by atoms with Crippen LogP contribution in [0.25, 0.3) is 11.5 Å². The average molecular weight is 280 g/mol. The normalized spacial score (nSPS) is 16.1. The van der Waals surface area contributed by atoms with Gasteiger partial charge in [-0.3, -0.25) is 0 Å². The molecule has 1 aliphatic rings. The van der Waals surface area contributed by atoms with Crippen molar-refractivity contribution in [3.8, 4) is 11.5 Å². The molecule has 1 saturated heterocycles. The molecule has 4 nitrogen and oxygen atoms in total. The molecule has 1 aliphatic heterocycles. The van der Waals surface area contributed by atoms with Gasteiger partial charge < -0.3 is 9.84 Å². The van der Waals surface area contributed by atoms with Gasteiger partial charge in [0.1, 0.15) is 0 Å². The van der Waals surface area contributed by atoms with Gasteiger partial charge in [-0.15, -0.1) is 0 Å². The molecule has 5 heteroatoms. The molecule has 2 aromatic rings. The lowest BCUT2D eigenvalue weighted by Gasteiger charge is -2.23. The van der Waals surface area contributed by atoms with Crippen molar-refractivity contribution in [3.63, 3.8) is 0 Å². The molecule has 82 valence electrons. The predicted octanol–water partition coefficient (Wildman–Crippen LogP) is 2.19. The number of hydrogen-bond acceptors (Lipinski definition) is 4. The average Bonchev–Trinajstić information content (AvgIpc) is 2.64. The van der Waals surface area contributed by atoms with Gasteiger partial charge in [0, 0.05) is 29.0 Å². The standard InChI is InChI=1S/C11H10BrN3O/c12-9-3-1-2-7(4-9)11-14-10(15-16-11)8-5-13-6-8/h1-4,8,13H,5-6H2. The Balaban J connectivity index is 1.91. The fourth-order valence-corrected chi connectivity index (χ4v) is 2.01. The molecule has 0 saturated carbocycles. The van der Waals surface area contributed by atoms with E-state index in [0.717, 1.165) is 29.0 Å². The molecule has 2 heterocycles. The summed E-state index contributed by atoms with van der Waals surface area (Å²) in [4.78, 5) is 4.40. The zero-order chi connectivity index (χ0) is 11.0. The molecule has 0 spiro atoms. The Kier molecular flexibility index (Phi) is 2.49. The van der Waals surface area contributed by atoms with Crippen molar-refractivity contribution in [2.75, 3.05) is 13.1 Å². The molecule has 0 amide bonds. The van der Waals surface area contributed by atoms with Crippen LogP contribution in [0, 0.1) is 0 Å². The van der Waals surface area contributed by atoms with Crippen LogP contribution >= 0.6 is 15.9 Å². The number of nitrogens with zero attached hydrogens (tertiary/aromatic N) is 2. The topological polar surface area (TPSA) is 51.0 Å². The van der Waals surface area contributed by atoms with Gasteiger partial charge in [0.05, 0.1) is 0 Å². The third-order valence-electron chi connectivity index (χ3n) is 2.66. The van der Waals surface area contributed by atoms with Crippen LogP contribution in [0.15, 0.2) is 33.3 Å². The van der Waals surface area contributed by atoms with Gasteiger partial charge in [-0.05, 0) is 18.2 Å². The summed E-state index contributed by atoms with van der Waals surface area (Å²) in [6, 6.07) is 7.85. The van der Waals surface area contributed by atoms with Gasteiger partial charge in [0.15, 0.2) is 5.82 Å². The summed E-state index contributed by atoms with van der Waals surface area (Å²) in [5.41, 5.74) is 0.945. The monoisotopic (exact) mass is 279 g/mol. The second-order valence-electron chi connectivity index (χ2n) is 3.82. The molecule has 3 rings (SSSR count). The van der Waals surface area contributed by atoms with E-state index in [9.17, 15) is 0 Å². The van der Waals surface area contributed by atoms with Gasteiger partial charge in [-0.25, -0.2) is 0 Å². The smallest absolute Gasteiger partial charge is 0.257 e. The lowest BCUT2D eigenvalue weighted by atomic mass is 10.0. The molecule has 1 fully saturated rings. The zero-order valence-electron chi connectivity index (χ0n) is 8.48. The van der Waals surface area contributed by atoms with Crippen LogP contribution in [-0.2, 0) is 0 Å². The van der Waals surface area contributed by atoms with Gasteiger partial charge in [0.25, 0.3) is 5.89 Å². The summed E-state index contributed by atoms with van der Waals surface area (Å²) in [7, 11) is 0. The van der Waals surface area contributed by atoms with Crippen LogP contribution in [0.5, 0.6) is 0 Å². The SMILES string of the molecule is Brc1cccc(-c2nc(C3CNC3)no2)c1. The van der Waals surface area contributed by atoms with Crippen LogP contribution in [0.4, 0.5) is 0 Å². The third-order valence-corrected chi connectivity index (χ3v) is 3.15. The Labute approximate surface area is 101 Å². The summed E-state index contributed by atoms with van der Waals surface area (Å²) >= 11 is 3.42. The first-order chi connectivity index (χ1) is 7.83. The number of hydrogen-bond donors (Lipinski definition) is 1. The molecule has 16 heavy (non-hydrogen) atoms. The van der Waals surface area contributed by atoms with E-state index in [2.05, 4.69) is 31.4 Å². The molecular formula is C11H10BrN3O. The van der Waals surface area contributed by atoms with Crippen molar-refractivity contribution in [1.29, 1.82) is 0 Å². The van der Waals surface area contributed by atoms with E-state index < -0.39 is 0 Å². The first-order valence-electron chi connectivity index (χ1n) is 5.13. The van der Waals surface area contributed by atoms with E-state index in [1.165, 1.54) is 0 Å². The Morgan fingerprint density at radius 1 is 1.38 bits per heavy atom. The molecule has 1 aromatic heterocycles.